The van der Waals surface area contributed by atoms with Crippen LogP contribution in [0.5, 0.6) is 0 Å². The van der Waals surface area contributed by atoms with E-state index in [0.29, 0.717) is 36.9 Å². The monoisotopic (exact) mass is 365 g/mol. The number of aromatic nitrogens is 3. The van der Waals surface area contributed by atoms with Crippen molar-refractivity contribution in [2.45, 2.75) is 50.7 Å². The van der Waals surface area contributed by atoms with Crippen molar-refractivity contribution in [1.82, 2.24) is 24.6 Å². The van der Waals surface area contributed by atoms with Crippen LogP contribution in [-0.4, -0.2) is 62.2 Å². The minimum absolute atomic E-state index is 0.280. The van der Waals surface area contributed by atoms with E-state index in [4.69, 9.17) is 0 Å². The highest BCUT2D eigenvalue weighted by atomic mass is 16.2. The third-order valence-electron chi connectivity index (χ3n) is 6.87. The molecule has 6 nitrogen and oxygen atoms in total. The Balaban J connectivity index is 1.40. The summed E-state index contributed by atoms with van der Waals surface area (Å²) >= 11 is 0. The molecule has 0 aliphatic carbocycles. The summed E-state index contributed by atoms with van der Waals surface area (Å²) in [4.78, 5) is 18.0. The van der Waals surface area contributed by atoms with E-state index in [2.05, 4.69) is 51.2 Å². The first-order chi connectivity index (χ1) is 13.2. The number of carbonyl (C=O) groups excluding carboxylic acids is 1. The fourth-order valence-corrected chi connectivity index (χ4v) is 5.52. The Labute approximate surface area is 160 Å². The van der Waals surface area contributed by atoms with Gasteiger partial charge in [-0.15, -0.1) is 10.2 Å². The Morgan fingerprint density at radius 2 is 1.78 bits per heavy atom. The van der Waals surface area contributed by atoms with E-state index in [1.165, 1.54) is 37.1 Å². The number of amides is 1. The van der Waals surface area contributed by atoms with E-state index < -0.39 is 0 Å². The van der Waals surface area contributed by atoms with E-state index in [1.807, 2.05) is 4.57 Å². The zero-order valence-electron chi connectivity index (χ0n) is 15.9. The molecule has 0 spiro atoms. The lowest BCUT2D eigenvalue weighted by molar-refractivity contribution is -0.136. The second-order valence-electron chi connectivity index (χ2n) is 8.37. The van der Waals surface area contributed by atoms with Gasteiger partial charge in [0.25, 0.3) is 0 Å². The van der Waals surface area contributed by atoms with Crippen LogP contribution < -0.4 is 0 Å². The van der Waals surface area contributed by atoms with Crippen LogP contribution in [0.1, 0.15) is 36.3 Å². The zero-order chi connectivity index (χ0) is 18.4. The molecule has 2 aromatic rings. The maximum atomic E-state index is 13.2. The van der Waals surface area contributed by atoms with Crippen molar-refractivity contribution in [3.05, 3.63) is 48.0 Å². The second-order valence-corrected chi connectivity index (χ2v) is 8.37. The van der Waals surface area contributed by atoms with Gasteiger partial charge in [-0.1, -0.05) is 29.8 Å². The summed E-state index contributed by atoms with van der Waals surface area (Å²) < 4.78 is 1.89. The van der Waals surface area contributed by atoms with Gasteiger partial charge in [0.05, 0.1) is 6.04 Å². The van der Waals surface area contributed by atoms with Gasteiger partial charge in [-0.3, -0.25) is 9.69 Å². The van der Waals surface area contributed by atoms with Crippen LogP contribution >= 0.6 is 0 Å². The molecule has 4 aliphatic heterocycles. The van der Waals surface area contributed by atoms with Crippen molar-refractivity contribution in [1.29, 1.82) is 0 Å². The van der Waals surface area contributed by atoms with Gasteiger partial charge in [0.1, 0.15) is 12.7 Å². The van der Waals surface area contributed by atoms with Gasteiger partial charge < -0.3 is 9.47 Å². The molecule has 0 unspecified atom stereocenters. The number of piperidine rings is 3. The predicted molar refractivity (Wildman–Crippen MR) is 102 cm³/mol. The Morgan fingerprint density at radius 3 is 2.48 bits per heavy atom. The van der Waals surface area contributed by atoms with E-state index in [0.717, 1.165) is 6.54 Å². The third kappa shape index (κ3) is 2.96. The first kappa shape index (κ1) is 16.9. The molecule has 1 aromatic carbocycles. The minimum atomic E-state index is 0.280. The Morgan fingerprint density at radius 1 is 1.07 bits per heavy atom. The lowest BCUT2D eigenvalue weighted by Crippen LogP contribution is -2.60. The summed E-state index contributed by atoms with van der Waals surface area (Å²) in [6, 6.07) is 9.82. The predicted octanol–water partition coefficient (Wildman–Crippen LogP) is 2.07. The quantitative estimate of drug-likeness (QED) is 0.832. The average Bonchev–Trinajstić information content (AvgIpc) is 3.37. The van der Waals surface area contributed by atoms with E-state index >= 15 is 0 Å². The highest BCUT2D eigenvalue weighted by Gasteiger charge is 2.54. The fourth-order valence-electron chi connectivity index (χ4n) is 5.52. The molecule has 1 aromatic heterocycles. The molecular weight excluding hydrogens is 338 g/mol. The Hall–Kier alpha value is -2.21. The molecule has 6 rings (SSSR count). The fraction of sp³-hybridized carbons (Fsp3) is 0.571. The average molecular weight is 365 g/mol. The normalized spacial score (nSPS) is 31.9. The van der Waals surface area contributed by atoms with Crippen LogP contribution in [0.25, 0.3) is 0 Å². The van der Waals surface area contributed by atoms with Gasteiger partial charge in [0.15, 0.2) is 0 Å². The summed E-state index contributed by atoms with van der Waals surface area (Å²) in [5, 5.41) is 7.67. The van der Waals surface area contributed by atoms with Gasteiger partial charge in [-0.05, 0) is 44.3 Å². The van der Waals surface area contributed by atoms with Gasteiger partial charge in [-0.25, -0.2) is 0 Å². The SMILES string of the molecule is Cc1ccc([C@H]2CN(C(=O)CCn3cnnc3)[C@@H]3C4CCN(CC4)[C@H]23)cc1. The van der Waals surface area contributed by atoms with Gasteiger partial charge in [0, 0.05) is 31.5 Å². The molecule has 2 bridgehead atoms. The van der Waals surface area contributed by atoms with Crippen LogP contribution in [0, 0.1) is 12.8 Å². The summed E-state index contributed by atoms with van der Waals surface area (Å²) in [5.41, 5.74) is 2.68. The highest BCUT2D eigenvalue weighted by molar-refractivity contribution is 5.77. The van der Waals surface area contributed by atoms with Gasteiger partial charge >= 0.3 is 0 Å². The molecule has 27 heavy (non-hydrogen) atoms. The van der Waals surface area contributed by atoms with Crippen molar-refractivity contribution in [3.8, 4) is 0 Å². The second kappa shape index (κ2) is 6.75. The van der Waals surface area contributed by atoms with Crippen molar-refractivity contribution >= 4 is 5.91 Å². The summed E-state index contributed by atoms with van der Waals surface area (Å²) in [6.07, 6.45) is 6.36. The molecule has 3 atom stereocenters. The summed E-state index contributed by atoms with van der Waals surface area (Å²) in [7, 11) is 0. The minimum Gasteiger partial charge on any atom is -0.337 e. The number of benzene rings is 1. The molecule has 4 saturated heterocycles. The van der Waals surface area contributed by atoms with Crippen molar-refractivity contribution in [3.63, 3.8) is 0 Å². The van der Waals surface area contributed by atoms with Crippen LogP contribution in [0.4, 0.5) is 0 Å². The first-order valence-corrected chi connectivity index (χ1v) is 10.1. The van der Waals surface area contributed by atoms with E-state index in [-0.39, 0.29) is 5.91 Å². The van der Waals surface area contributed by atoms with Gasteiger partial charge in [0.2, 0.25) is 5.91 Å². The molecule has 5 heterocycles. The Kier molecular flexibility index (Phi) is 4.23. The van der Waals surface area contributed by atoms with E-state index in [9.17, 15) is 4.79 Å². The highest BCUT2D eigenvalue weighted by Crippen LogP contribution is 2.46. The van der Waals surface area contributed by atoms with Crippen molar-refractivity contribution in [2.24, 2.45) is 5.92 Å². The number of rotatable bonds is 4. The zero-order valence-corrected chi connectivity index (χ0v) is 15.9. The first-order valence-electron chi connectivity index (χ1n) is 10.1. The molecule has 4 aliphatic rings. The number of nitrogens with zero attached hydrogens (tertiary/aromatic N) is 5. The number of carbonyl (C=O) groups is 1. The maximum absolute atomic E-state index is 13.2. The number of fused-ring (bicyclic) bond motifs is 2. The number of hydrogen-bond acceptors (Lipinski definition) is 4. The molecular formula is C21H27N5O. The van der Waals surface area contributed by atoms with Crippen molar-refractivity contribution in [2.75, 3.05) is 19.6 Å². The lowest BCUT2D eigenvalue weighted by Gasteiger charge is -2.51. The summed E-state index contributed by atoms with van der Waals surface area (Å²) in [5.74, 6) is 1.37. The van der Waals surface area contributed by atoms with E-state index in [1.54, 1.807) is 12.7 Å². The van der Waals surface area contributed by atoms with Gasteiger partial charge in [-0.2, -0.15) is 0 Å². The molecule has 0 saturated carbocycles. The molecule has 0 radical (unpaired) electrons. The molecule has 4 fully saturated rings. The maximum Gasteiger partial charge on any atom is 0.224 e. The number of aryl methyl sites for hydroxylation is 2. The number of hydrogen-bond donors (Lipinski definition) is 0. The summed E-state index contributed by atoms with van der Waals surface area (Å²) in [6.45, 7) is 6.03. The topological polar surface area (TPSA) is 54.3 Å². The molecule has 1 amide bonds. The van der Waals surface area contributed by atoms with Crippen LogP contribution in [-0.2, 0) is 11.3 Å². The molecule has 0 N–H and O–H groups in total. The Bertz CT molecular complexity index is 794. The van der Waals surface area contributed by atoms with Crippen LogP contribution in [0.2, 0.25) is 0 Å². The third-order valence-corrected chi connectivity index (χ3v) is 6.87. The lowest BCUT2D eigenvalue weighted by atomic mass is 9.75. The molecule has 142 valence electrons. The van der Waals surface area contributed by atoms with Crippen molar-refractivity contribution < 1.29 is 4.79 Å². The van der Waals surface area contributed by atoms with Crippen LogP contribution in [0.15, 0.2) is 36.9 Å². The number of likely N-dealkylation sites (tertiary alicyclic amines) is 1. The molecule has 6 heteroatoms. The smallest absolute Gasteiger partial charge is 0.224 e. The van der Waals surface area contributed by atoms with Crippen LogP contribution in [0.3, 0.4) is 0 Å². The standard InChI is InChI=1S/C21H27N5O/c1-15-2-4-16(5-3-15)18-12-26(19(27)8-9-24-13-22-23-14-24)20-17-6-10-25(11-7-17)21(18)20/h2-5,13-14,17-18,20-21H,6-12H2,1H3/t18-,20-,21-/m1/s1. The largest absolute Gasteiger partial charge is 0.337 e.